The molecule has 0 aliphatic heterocycles. The minimum atomic E-state index is 0.0305. The number of nitrogens with two attached hydrogens (primary N) is 1. The van der Waals surface area contributed by atoms with E-state index in [9.17, 15) is 4.79 Å². The maximum atomic E-state index is 11.6. The van der Waals surface area contributed by atoms with Gasteiger partial charge in [0.1, 0.15) is 11.6 Å². The Labute approximate surface area is 100 Å². The van der Waals surface area contributed by atoms with Crippen molar-refractivity contribution in [1.82, 2.24) is 10.3 Å². The highest BCUT2D eigenvalue weighted by Crippen LogP contribution is 2.18. The van der Waals surface area contributed by atoms with E-state index >= 15 is 0 Å². The molecule has 1 aliphatic carbocycles. The van der Waals surface area contributed by atoms with Gasteiger partial charge in [-0.15, -0.1) is 0 Å². The Morgan fingerprint density at radius 1 is 1.59 bits per heavy atom. The lowest BCUT2D eigenvalue weighted by molar-refractivity contribution is -0.119. The number of hydrogen-bond donors (Lipinski definition) is 3. The Morgan fingerprint density at radius 2 is 2.35 bits per heavy atom. The third kappa shape index (κ3) is 3.32. The second-order valence-electron chi connectivity index (χ2n) is 4.22. The van der Waals surface area contributed by atoms with Gasteiger partial charge in [0, 0.05) is 13.1 Å². The van der Waals surface area contributed by atoms with Crippen molar-refractivity contribution in [2.24, 2.45) is 5.84 Å². The van der Waals surface area contributed by atoms with Gasteiger partial charge >= 0.3 is 0 Å². The number of nitrogens with zero attached hydrogens (tertiary/aromatic N) is 2. The highest BCUT2D eigenvalue weighted by Gasteiger charge is 2.23. The van der Waals surface area contributed by atoms with Crippen molar-refractivity contribution >= 4 is 17.5 Å². The van der Waals surface area contributed by atoms with E-state index in [4.69, 9.17) is 5.84 Å². The van der Waals surface area contributed by atoms with Gasteiger partial charge in [-0.2, -0.15) is 0 Å². The molecule has 1 saturated carbocycles. The molecule has 0 radical (unpaired) electrons. The van der Waals surface area contributed by atoms with Gasteiger partial charge in [0.05, 0.1) is 6.54 Å². The number of pyridine rings is 1. The van der Waals surface area contributed by atoms with Crippen LogP contribution in [0, 0.1) is 0 Å². The van der Waals surface area contributed by atoms with E-state index in [1.807, 2.05) is 19.2 Å². The molecule has 0 spiro atoms. The zero-order valence-electron chi connectivity index (χ0n) is 9.81. The first-order valence-electron chi connectivity index (χ1n) is 5.63. The summed E-state index contributed by atoms with van der Waals surface area (Å²) in [4.78, 5) is 17.6. The summed E-state index contributed by atoms with van der Waals surface area (Å²) in [6.45, 7) is 0.303. The predicted octanol–water partition coefficient (Wildman–Crippen LogP) is 0.0820. The fourth-order valence-corrected chi connectivity index (χ4v) is 1.51. The van der Waals surface area contributed by atoms with Gasteiger partial charge in [-0.1, -0.05) is 6.07 Å². The van der Waals surface area contributed by atoms with Crippen molar-refractivity contribution in [3.63, 3.8) is 0 Å². The number of rotatable bonds is 5. The minimum Gasteiger partial charge on any atom is -0.352 e. The molecule has 4 N–H and O–H groups in total. The number of carbonyl (C=O) groups excluding carboxylic acids is 1. The molecular weight excluding hydrogens is 218 g/mol. The molecule has 0 saturated heterocycles. The standard InChI is InChI=1S/C11H17N5O/c1-16(7-11(17)13-8-5-6-8)10-4-2-3-9(14-10)15-12/h2-4,8H,5-7,12H2,1H3,(H,13,17)(H,14,15). The summed E-state index contributed by atoms with van der Waals surface area (Å²) in [6.07, 6.45) is 2.20. The van der Waals surface area contributed by atoms with Gasteiger partial charge in [0.2, 0.25) is 5.91 Å². The number of nitrogens with one attached hydrogen (secondary N) is 2. The Bertz CT molecular complexity index is 405. The van der Waals surface area contributed by atoms with Crippen molar-refractivity contribution in [2.45, 2.75) is 18.9 Å². The molecule has 6 heteroatoms. The van der Waals surface area contributed by atoms with Gasteiger partial charge < -0.3 is 15.6 Å². The predicted molar refractivity (Wildman–Crippen MR) is 66.5 cm³/mol. The van der Waals surface area contributed by atoms with Crippen LogP contribution in [0.3, 0.4) is 0 Å². The number of aromatic nitrogens is 1. The molecule has 1 aromatic rings. The Hall–Kier alpha value is -1.82. The zero-order chi connectivity index (χ0) is 12.3. The highest BCUT2D eigenvalue weighted by molar-refractivity contribution is 5.81. The second kappa shape index (κ2) is 5.01. The smallest absolute Gasteiger partial charge is 0.239 e. The van der Waals surface area contributed by atoms with Crippen molar-refractivity contribution in [3.05, 3.63) is 18.2 Å². The SMILES string of the molecule is CN(CC(=O)NC1CC1)c1cccc(NN)n1. The van der Waals surface area contributed by atoms with Crippen LogP contribution in [0.5, 0.6) is 0 Å². The third-order valence-corrected chi connectivity index (χ3v) is 2.60. The number of anilines is 2. The van der Waals surface area contributed by atoms with Crippen LogP contribution in [-0.4, -0.2) is 30.5 Å². The summed E-state index contributed by atoms with van der Waals surface area (Å²) in [5, 5.41) is 2.93. The molecule has 2 rings (SSSR count). The number of hydrazine groups is 1. The van der Waals surface area contributed by atoms with Crippen molar-refractivity contribution in [1.29, 1.82) is 0 Å². The van der Waals surface area contributed by atoms with Crippen molar-refractivity contribution < 1.29 is 4.79 Å². The summed E-state index contributed by atoms with van der Waals surface area (Å²) in [7, 11) is 1.83. The molecule has 0 atom stereocenters. The summed E-state index contributed by atoms with van der Waals surface area (Å²) in [5.41, 5.74) is 2.48. The molecule has 1 aliphatic rings. The van der Waals surface area contributed by atoms with Crippen molar-refractivity contribution in [2.75, 3.05) is 23.9 Å². The van der Waals surface area contributed by atoms with Gasteiger partial charge in [-0.3, -0.25) is 4.79 Å². The molecule has 0 unspecified atom stereocenters. The summed E-state index contributed by atoms with van der Waals surface area (Å²) >= 11 is 0. The lowest BCUT2D eigenvalue weighted by Gasteiger charge is -2.18. The van der Waals surface area contributed by atoms with E-state index in [2.05, 4.69) is 15.7 Å². The monoisotopic (exact) mass is 235 g/mol. The van der Waals surface area contributed by atoms with Crippen LogP contribution in [0.1, 0.15) is 12.8 Å². The molecule has 1 amide bonds. The molecule has 6 nitrogen and oxygen atoms in total. The number of amides is 1. The van der Waals surface area contributed by atoms with Crippen LogP contribution >= 0.6 is 0 Å². The molecule has 92 valence electrons. The maximum Gasteiger partial charge on any atom is 0.239 e. The molecule has 0 aromatic carbocycles. The Balaban J connectivity index is 1.92. The summed E-state index contributed by atoms with van der Waals surface area (Å²) < 4.78 is 0. The fraction of sp³-hybridized carbons (Fsp3) is 0.455. The van der Waals surface area contributed by atoms with E-state index in [-0.39, 0.29) is 5.91 Å². The normalized spacial score (nSPS) is 14.2. The van der Waals surface area contributed by atoms with Gasteiger partial charge in [-0.05, 0) is 25.0 Å². The maximum absolute atomic E-state index is 11.6. The topological polar surface area (TPSA) is 83.3 Å². The van der Waals surface area contributed by atoms with Crippen LogP contribution in [0.25, 0.3) is 0 Å². The van der Waals surface area contributed by atoms with Crippen LogP contribution < -0.4 is 21.5 Å². The van der Waals surface area contributed by atoms with Crippen LogP contribution in [0.2, 0.25) is 0 Å². The van der Waals surface area contributed by atoms with E-state index in [1.165, 1.54) is 0 Å². The number of likely N-dealkylation sites (N-methyl/N-ethyl adjacent to an activating group) is 1. The summed E-state index contributed by atoms with van der Waals surface area (Å²) in [5.74, 6) is 6.61. The summed E-state index contributed by atoms with van der Waals surface area (Å²) in [6, 6.07) is 5.83. The first-order valence-corrected chi connectivity index (χ1v) is 5.63. The molecule has 1 fully saturated rings. The number of hydrogen-bond acceptors (Lipinski definition) is 5. The third-order valence-electron chi connectivity index (χ3n) is 2.60. The van der Waals surface area contributed by atoms with E-state index in [1.54, 1.807) is 11.0 Å². The molecule has 1 heterocycles. The zero-order valence-corrected chi connectivity index (χ0v) is 9.81. The highest BCUT2D eigenvalue weighted by atomic mass is 16.2. The molecule has 1 aromatic heterocycles. The van der Waals surface area contributed by atoms with E-state index in [0.717, 1.165) is 12.8 Å². The first kappa shape index (κ1) is 11.7. The van der Waals surface area contributed by atoms with E-state index in [0.29, 0.717) is 24.2 Å². The van der Waals surface area contributed by atoms with Crippen molar-refractivity contribution in [3.8, 4) is 0 Å². The van der Waals surface area contributed by atoms with Crippen LogP contribution in [-0.2, 0) is 4.79 Å². The van der Waals surface area contributed by atoms with Crippen LogP contribution in [0.4, 0.5) is 11.6 Å². The quantitative estimate of drug-likeness (QED) is 0.497. The molecule has 0 bridgehead atoms. The Kier molecular flexibility index (Phi) is 3.43. The molecular formula is C11H17N5O. The molecule has 17 heavy (non-hydrogen) atoms. The minimum absolute atomic E-state index is 0.0305. The van der Waals surface area contributed by atoms with Gasteiger partial charge in [-0.25, -0.2) is 10.8 Å². The number of carbonyl (C=O) groups is 1. The number of nitrogen functional groups attached to an aromatic ring is 1. The van der Waals surface area contributed by atoms with Crippen LogP contribution in [0.15, 0.2) is 18.2 Å². The average Bonchev–Trinajstić information content (AvgIpc) is 3.12. The Morgan fingerprint density at radius 3 is 3.00 bits per heavy atom. The van der Waals surface area contributed by atoms with Gasteiger partial charge in [0.25, 0.3) is 0 Å². The lowest BCUT2D eigenvalue weighted by atomic mass is 10.4. The van der Waals surface area contributed by atoms with E-state index < -0.39 is 0 Å². The fourth-order valence-electron chi connectivity index (χ4n) is 1.51. The largest absolute Gasteiger partial charge is 0.352 e. The lowest BCUT2D eigenvalue weighted by Crippen LogP contribution is -2.36. The van der Waals surface area contributed by atoms with Gasteiger partial charge in [0.15, 0.2) is 0 Å². The average molecular weight is 235 g/mol. The first-order chi connectivity index (χ1) is 8.19. The second-order valence-corrected chi connectivity index (χ2v) is 4.22.